The smallest absolute Gasteiger partial charge is 0.306 e. The van der Waals surface area contributed by atoms with Gasteiger partial charge in [0, 0.05) is 16.8 Å². The molecule has 4 heteroatoms. The first-order chi connectivity index (χ1) is 8.61. The van der Waals surface area contributed by atoms with Crippen LogP contribution in [-0.2, 0) is 16.0 Å². The number of carbonyl (C=O) groups excluding carboxylic acids is 1. The Labute approximate surface area is 111 Å². The summed E-state index contributed by atoms with van der Waals surface area (Å²) in [5.74, 6) is 0.621. The lowest BCUT2D eigenvalue weighted by Gasteiger charge is -2.00. The highest BCUT2D eigenvalue weighted by Gasteiger charge is 2.12. The van der Waals surface area contributed by atoms with Crippen LogP contribution in [0.25, 0.3) is 11.0 Å². The average Bonchev–Trinajstić information content (AvgIpc) is 2.64. The van der Waals surface area contributed by atoms with Gasteiger partial charge in [0.05, 0.1) is 13.0 Å². The van der Waals surface area contributed by atoms with Crippen LogP contribution in [-0.4, -0.2) is 12.6 Å². The molecule has 1 aromatic heterocycles. The zero-order chi connectivity index (χ0) is 13.1. The number of hydrogen-bond acceptors (Lipinski definition) is 3. The lowest BCUT2D eigenvalue weighted by Crippen LogP contribution is -2.05. The fraction of sp³-hybridized carbons (Fsp3) is 0.357. The van der Waals surface area contributed by atoms with Gasteiger partial charge in [0.15, 0.2) is 0 Å². The molecule has 0 atom stereocenters. The lowest BCUT2D eigenvalue weighted by atomic mass is 10.1. The van der Waals surface area contributed by atoms with Gasteiger partial charge in [-0.15, -0.1) is 0 Å². The molecule has 2 aromatic rings. The van der Waals surface area contributed by atoms with Gasteiger partial charge in [-0.05, 0) is 37.6 Å². The first-order valence-corrected chi connectivity index (χ1v) is 6.32. The van der Waals surface area contributed by atoms with Crippen molar-refractivity contribution in [3.8, 4) is 0 Å². The van der Waals surface area contributed by atoms with Crippen LogP contribution in [0.4, 0.5) is 0 Å². The molecular formula is C14H15ClO3. The molecule has 0 saturated carbocycles. The first kappa shape index (κ1) is 13.0. The Kier molecular flexibility index (Phi) is 3.92. The molecule has 0 aliphatic carbocycles. The number of benzene rings is 1. The highest BCUT2D eigenvalue weighted by Crippen LogP contribution is 2.28. The molecule has 0 amide bonds. The van der Waals surface area contributed by atoms with E-state index in [-0.39, 0.29) is 5.97 Å². The van der Waals surface area contributed by atoms with Crippen LogP contribution >= 0.6 is 11.6 Å². The molecule has 2 rings (SSSR count). The summed E-state index contributed by atoms with van der Waals surface area (Å²) in [6, 6.07) is 5.52. The van der Waals surface area contributed by atoms with E-state index in [1.54, 1.807) is 13.0 Å². The summed E-state index contributed by atoms with van der Waals surface area (Å²) in [6.07, 6.45) is 0.888. The molecule has 0 bridgehead atoms. The van der Waals surface area contributed by atoms with Crippen LogP contribution in [0.2, 0.25) is 5.02 Å². The SMILES string of the molecule is CCOC(=O)CCc1oc2ccc(Cl)cc2c1C. The summed E-state index contributed by atoms with van der Waals surface area (Å²) in [4.78, 5) is 11.3. The second-order valence-electron chi connectivity index (χ2n) is 4.10. The normalized spacial score (nSPS) is 10.8. The van der Waals surface area contributed by atoms with Gasteiger partial charge in [0.1, 0.15) is 11.3 Å². The van der Waals surface area contributed by atoms with Crippen molar-refractivity contribution in [2.75, 3.05) is 6.61 Å². The van der Waals surface area contributed by atoms with Gasteiger partial charge in [-0.25, -0.2) is 0 Å². The van der Waals surface area contributed by atoms with Gasteiger partial charge in [0.25, 0.3) is 0 Å². The molecule has 3 nitrogen and oxygen atoms in total. The van der Waals surface area contributed by atoms with E-state index in [4.69, 9.17) is 20.8 Å². The van der Waals surface area contributed by atoms with Gasteiger partial charge in [-0.3, -0.25) is 4.79 Å². The Morgan fingerprint density at radius 2 is 2.22 bits per heavy atom. The van der Waals surface area contributed by atoms with Crippen molar-refractivity contribution >= 4 is 28.5 Å². The third-order valence-electron chi connectivity index (χ3n) is 2.86. The average molecular weight is 267 g/mol. The molecule has 0 unspecified atom stereocenters. The Morgan fingerprint density at radius 3 is 2.94 bits per heavy atom. The van der Waals surface area contributed by atoms with E-state index in [1.807, 2.05) is 19.1 Å². The Morgan fingerprint density at radius 1 is 1.44 bits per heavy atom. The zero-order valence-electron chi connectivity index (χ0n) is 10.5. The second-order valence-corrected chi connectivity index (χ2v) is 4.53. The molecular weight excluding hydrogens is 252 g/mol. The van der Waals surface area contributed by atoms with Gasteiger partial charge >= 0.3 is 5.97 Å². The fourth-order valence-corrected chi connectivity index (χ4v) is 2.10. The van der Waals surface area contributed by atoms with Gasteiger partial charge in [0.2, 0.25) is 0 Å². The highest BCUT2D eigenvalue weighted by atomic mass is 35.5. The molecule has 0 aliphatic rings. The van der Waals surface area contributed by atoms with Gasteiger partial charge < -0.3 is 9.15 Å². The minimum atomic E-state index is -0.199. The molecule has 0 saturated heterocycles. The maximum Gasteiger partial charge on any atom is 0.306 e. The van der Waals surface area contributed by atoms with E-state index >= 15 is 0 Å². The number of ether oxygens (including phenoxy) is 1. The summed E-state index contributed by atoms with van der Waals surface area (Å²) >= 11 is 5.95. The monoisotopic (exact) mass is 266 g/mol. The molecule has 0 aliphatic heterocycles. The third kappa shape index (κ3) is 2.67. The van der Waals surface area contributed by atoms with Crippen LogP contribution in [0.5, 0.6) is 0 Å². The minimum absolute atomic E-state index is 0.199. The predicted molar refractivity (Wildman–Crippen MR) is 70.9 cm³/mol. The maximum absolute atomic E-state index is 11.3. The van der Waals surface area contributed by atoms with Crippen molar-refractivity contribution < 1.29 is 13.9 Å². The van der Waals surface area contributed by atoms with Crippen molar-refractivity contribution in [2.45, 2.75) is 26.7 Å². The Balaban J connectivity index is 2.19. The van der Waals surface area contributed by atoms with E-state index in [9.17, 15) is 4.79 Å². The summed E-state index contributed by atoms with van der Waals surface area (Å²) < 4.78 is 10.6. The van der Waals surface area contributed by atoms with Crippen LogP contribution in [0.3, 0.4) is 0 Å². The molecule has 96 valence electrons. The lowest BCUT2D eigenvalue weighted by molar-refractivity contribution is -0.143. The van der Waals surface area contributed by atoms with Crippen LogP contribution in [0.1, 0.15) is 24.7 Å². The summed E-state index contributed by atoms with van der Waals surface area (Å²) in [5.41, 5.74) is 1.84. The second kappa shape index (κ2) is 5.44. The number of fused-ring (bicyclic) bond motifs is 1. The van der Waals surface area contributed by atoms with Crippen molar-refractivity contribution in [1.82, 2.24) is 0 Å². The molecule has 0 spiro atoms. The zero-order valence-corrected chi connectivity index (χ0v) is 11.2. The Bertz CT molecular complexity index is 572. The number of esters is 1. The fourth-order valence-electron chi connectivity index (χ4n) is 1.93. The van der Waals surface area contributed by atoms with E-state index in [0.29, 0.717) is 24.5 Å². The third-order valence-corrected chi connectivity index (χ3v) is 3.09. The number of furan rings is 1. The molecule has 1 heterocycles. The number of rotatable bonds is 4. The summed E-state index contributed by atoms with van der Waals surface area (Å²) in [6.45, 7) is 4.18. The highest BCUT2D eigenvalue weighted by molar-refractivity contribution is 6.31. The molecule has 1 aromatic carbocycles. The summed E-state index contributed by atoms with van der Waals surface area (Å²) in [5, 5.41) is 1.68. The molecule has 0 radical (unpaired) electrons. The first-order valence-electron chi connectivity index (χ1n) is 5.95. The quantitative estimate of drug-likeness (QED) is 0.788. The minimum Gasteiger partial charge on any atom is -0.466 e. The largest absolute Gasteiger partial charge is 0.466 e. The van der Waals surface area contributed by atoms with E-state index in [1.165, 1.54) is 0 Å². The maximum atomic E-state index is 11.3. The van der Waals surface area contributed by atoms with Gasteiger partial charge in [-0.2, -0.15) is 0 Å². The van der Waals surface area contributed by atoms with Crippen LogP contribution < -0.4 is 0 Å². The molecule has 0 fully saturated rings. The number of halogens is 1. The van der Waals surface area contributed by atoms with Crippen molar-refractivity contribution in [3.63, 3.8) is 0 Å². The van der Waals surface area contributed by atoms with Gasteiger partial charge in [-0.1, -0.05) is 11.6 Å². The van der Waals surface area contributed by atoms with E-state index in [2.05, 4.69) is 0 Å². The van der Waals surface area contributed by atoms with Crippen molar-refractivity contribution in [1.29, 1.82) is 0 Å². The standard InChI is InChI=1S/C14H15ClO3/c1-3-17-14(16)7-6-12-9(2)11-8-10(15)4-5-13(11)18-12/h4-5,8H,3,6-7H2,1-2H3. The number of carbonyl (C=O) groups is 1. The van der Waals surface area contributed by atoms with Crippen LogP contribution in [0, 0.1) is 6.92 Å². The summed E-state index contributed by atoms with van der Waals surface area (Å²) in [7, 11) is 0. The molecule has 18 heavy (non-hydrogen) atoms. The topological polar surface area (TPSA) is 39.4 Å². The van der Waals surface area contributed by atoms with E-state index < -0.39 is 0 Å². The number of hydrogen-bond donors (Lipinski definition) is 0. The Hall–Kier alpha value is -1.48. The van der Waals surface area contributed by atoms with Crippen LogP contribution in [0.15, 0.2) is 22.6 Å². The number of aryl methyl sites for hydroxylation is 2. The van der Waals surface area contributed by atoms with E-state index in [0.717, 1.165) is 22.3 Å². The van der Waals surface area contributed by atoms with Crippen molar-refractivity contribution in [2.24, 2.45) is 0 Å². The molecule has 0 N–H and O–H groups in total. The van der Waals surface area contributed by atoms with Crippen molar-refractivity contribution in [3.05, 3.63) is 34.5 Å². The predicted octanol–water partition coefficient (Wildman–Crippen LogP) is 3.89.